The molecule has 1 heterocycles. The van der Waals surface area contributed by atoms with E-state index in [0.29, 0.717) is 5.56 Å². The third-order valence-corrected chi connectivity index (χ3v) is 2.86. The highest BCUT2D eigenvalue weighted by Gasteiger charge is 2.09. The Hall–Kier alpha value is -1.56. The third-order valence-electron chi connectivity index (χ3n) is 2.24. The molecule has 94 valence electrons. The number of aromatic nitrogens is 1. The van der Waals surface area contributed by atoms with Crippen molar-refractivity contribution >= 4 is 21.6 Å². The monoisotopic (exact) mass is 316 g/mol. The van der Waals surface area contributed by atoms with Crippen molar-refractivity contribution in [1.82, 2.24) is 4.98 Å². The van der Waals surface area contributed by atoms with Gasteiger partial charge in [0.15, 0.2) is 0 Å². The average molecular weight is 317 g/mol. The molecule has 1 N–H and O–H groups in total. The fourth-order valence-electron chi connectivity index (χ4n) is 1.45. The van der Waals surface area contributed by atoms with Crippen LogP contribution in [0.15, 0.2) is 35.1 Å². The SMILES string of the molecule is Fc1cncc(CNc2c(F)cc(F)cc2Br)c1. The summed E-state index contributed by atoms with van der Waals surface area (Å²) in [5, 5.41) is 2.76. The molecule has 2 rings (SSSR count). The molecule has 6 heteroatoms. The van der Waals surface area contributed by atoms with Gasteiger partial charge in [-0.3, -0.25) is 4.98 Å². The molecule has 18 heavy (non-hydrogen) atoms. The normalized spacial score (nSPS) is 10.4. The highest BCUT2D eigenvalue weighted by atomic mass is 79.9. The van der Waals surface area contributed by atoms with Crippen LogP contribution in [0.3, 0.4) is 0 Å². The Balaban J connectivity index is 2.16. The maximum absolute atomic E-state index is 13.5. The van der Waals surface area contributed by atoms with Crippen LogP contribution in [0.5, 0.6) is 0 Å². The van der Waals surface area contributed by atoms with Crippen molar-refractivity contribution in [3.8, 4) is 0 Å². The van der Waals surface area contributed by atoms with Gasteiger partial charge in [0.05, 0.1) is 11.9 Å². The minimum Gasteiger partial charge on any atom is -0.378 e. The van der Waals surface area contributed by atoms with Gasteiger partial charge in [0.1, 0.15) is 17.5 Å². The molecule has 0 fully saturated rings. The second-order valence-corrected chi connectivity index (χ2v) is 4.46. The number of rotatable bonds is 3. The zero-order chi connectivity index (χ0) is 13.1. The summed E-state index contributed by atoms with van der Waals surface area (Å²) in [4.78, 5) is 3.67. The van der Waals surface area contributed by atoms with E-state index in [1.807, 2.05) is 0 Å². The molecule has 0 saturated heterocycles. The van der Waals surface area contributed by atoms with Crippen LogP contribution < -0.4 is 5.32 Å². The number of hydrogen-bond donors (Lipinski definition) is 1. The first-order chi connectivity index (χ1) is 8.56. The lowest BCUT2D eigenvalue weighted by molar-refractivity contribution is 0.583. The van der Waals surface area contributed by atoms with Crippen LogP contribution >= 0.6 is 15.9 Å². The van der Waals surface area contributed by atoms with Gasteiger partial charge in [-0.2, -0.15) is 0 Å². The van der Waals surface area contributed by atoms with Crippen LogP contribution in [-0.4, -0.2) is 4.98 Å². The molecule has 2 nitrogen and oxygen atoms in total. The van der Waals surface area contributed by atoms with Gasteiger partial charge in [0.2, 0.25) is 0 Å². The van der Waals surface area contributed by atoms with Crippen molar-refractivity contribution in [3.63, 3.8) is 0 Å². The van der Waals surface area contributed by atoms with Gasteiger partial charge < -0.3 is 5.32 Å². The van der Waals surface area contributed by atoms with Crippen LogP contribution in [0, 0.1) is 17.5 Å². The number of nitrogens with one attached hydrogen (secondary N) is 1. The Labute approximate surface area is 110 Å². The van der Waals surface area contributed by atoms with Gasteiger partial charge in [-0.25, -0.2) is 13.2 Å². The van der Waals surface area contributed by atoms with Crippen molar-refractivity contribution in [2.45, 2.75) is 6.54 Å². The number of halogens is 4. The lowest BCUT2D eigenvalue weighted by atomic mass is 10.2. The average Bonchev–Trinajstić information content (AvgIpc) is 2.27. The maximum Gasteiger partial charge on any atom is 0.150 e. The first-order valence-electron chi connectivity index (χ1n) is 5.04. The smallest absolute Gasteiger partial charge is 0.150 e. The van der Waals surface area contributed by atoms with Crippen molar-refractivity contribution in [2.75, 3.05) is 5.32 Å². The Morgan fingerprint density at radius 2 is 1.83 bits per heavy atom. The maximum atomic E-state index is 13.5. The van der Waals surface area contributed by atoms with Gasteiger partial charge >= 0.3 is 0 Å². The Bertz CT molecular complexity index is 552. The second kappa shape index (κ2) is 5.39. The summed E-state index contributed by atoms with van der Waals surface area (Å²) < 4.78 is 39.5. The van der Waals surface area contributed by atoms with Gasteiger partial charge in [0, 0.05) is 23.3 Å². The molecule has 0 radical (unpaired) electrons. The van der Waals surface area contributed by atoms with E-state index in [2.05, 4.69) is 26.2 Å². The van der Waals surface area contributed by atoms with Gasteiger partial charge in [-0.05, 0) is 33.6 Å². The van der Waals surface area contributed by atoms with E-state index in [4.69, 9.17) is 0 Å². The predicted molar refractivity (Wildman–Crippen MR) is 65.6 cm³/mol. The van der Waals surface area contributed by atoms with Crippen LogP contribution in [0.2, 0.25) is 0 Å². The zero-order valence-corrected chi connectivity index (χ0v) is 10.6. The fraction of sp³-hybridized carbons (Fsp3) is 0.0833. The summed E-state index contributed by atoms with van der Waals surface area (Å²) >= 11 is 3.05. The van der Waals surface area contributed by atoms with Crippen LogP contribution in [0.25, 0.3) is 0 Å². The van der Waals surface area contributed by atoms with E-state index in [0.717, 1.165) is 18.3 Å². The summed E-state index contributed by atoms with van der Waals surface area (Å²) in [6, 6.07) is 3.21. The summed E-state index contributed by atoms with van der Waals surface area (Å²) in [5.74, 6) is -1.85. The summed E-state index contributed by atoms with van der Waals surface area (Å²) in [6.45, 7) is 0.186. The van der Waals surface area contributed by atoms with E-state index in [1.54, 1.807) is 0 Å². The first kappa shape index (κ1) is 12.9. The van der Waals surface area contributed by atoms with Crippen molar-refractivity contribution in [3.05, 3.63) is 58.1 Å². The number of benzene rings is 1. The Morgan fingerprint density at radius 1 is 1.06 bits per heavy atom. The van der Waals surface area contributed by atoms with Crippen LogP contribution in [0.1, 0.15) is 5.56 Å². The molecule has 0 aliphatic heterocycles. The molecule has 1 aromatic carbocycles. The van der Waals surface area contributed by atoms with Gasteiger partial charge in [-0.15, -0.1) is 0 Å². The molecule has 0 aliphatic rings. The molecule has 2 aromatic rings. The summed E-state index contributed by atoms with van der Waals surface area (Å²) in [5.41, 5.74) is 0.686. The molecule has 0 spiro atoms. The molecule has 0 saturated carbocycles. The van der Waals surface area contributed by atoms with E-state index in [-0.39, 0.29) is 16.7 Å². The van der Waals surface area contributed by atoms with E-state index >= 15 is 0 Å². The lowest BCUT2D eigenvalue weighted by Gasteiger charge is -2.09. The van der Waals surface area contributed by atoms with Gasteiger partial charge in [-0.1, -0.05) is 0 Å². The van der Waals surface area contributed by atoms with Crippen molar-refractivity contribution < 1.29 is 13.2 Å². The van der Waals surface area contributed by atoms with Gasteiger partial charge in [0.25, 0.3) is 0 Å². The van der Waals surface area contributed by atoms with E-state index in [9.17, 15) is 13.2 Å². The highest BCUT2D eigenvalue weighted by molar-refractivity contribution is 9.10. The second-order valence-electron chi connectivity index (χ2n) is 3.61. The van der Waals surface area contributed by atoms with Crippen molar-refractivity contribution in [1.29, 1.82) is 0 Å². The third kappa shape index (κ3) is 3.01. The molecular formula is C12H8BrF3N2. The highest BCUT2D eigenvalue weighted by Crippen LogP contribution is 2.27. The standard InChI is InChI=1S/C12H8BrF3N2/c13-10-2-8(14)3-11(16)12(10)18-5-7-1-9(15)6-17-4-7/h1-4,6,18H,5H2. The molecule has 0 atom stereocenters. The molecule has 1 aromatic heterocycles. The van der Waals surface area contributed by atoms with Crippen LogP contribution in [-0.2, 0) is 6.54 Å². The van der Waals surface area contributed by atoms with E-state index < -0.39 is 17.5 Å². The number of hydrogen-bond acceptors (Lipinski definition) is 2. The number of anilines is 1. The quantitative estimate of drug-likeness (QED) is 0.929. The molecule has 0 aliphatic carbocycles. The number of nitrogens with zero attached hydrogens (tertiary/aromatic N) is 1. The minimum atomic E-state index is -0.716. The summed E-state index contributed by atoms with van der Waals surface area (Å²) in [6.07, 6.45) is 2.54. The summed E-state index contributed by atoms with van der Waals surface area (Å²) in [7, 11) is 0. The van der Waals surface area contributed by atoms with Crippen molar-refractivity contribution in [2.24, 2.45) is 0 Å². The van der Waals surface area contributed by atoms with E-state index in [1.165, 1.54) is 12.3 Å². The lowest BCUT2D eigenvalue weighted by Crippen LogP contribution is -2.03. The fourth-order valence-corrected chi connectivity index (χ4v) is 2.00. The van der Waals surface area contributed by atoms with Crippen LogP contribution in [0.4, 0.5) is 18.9 Å². The molecule has 0 unspecified atom stereocenters. The molecule has 0 amide bonds. The Morgan fingerprint density at radius 3 is 2.50 bits per heavy atom. The first-order valence-corrected chi connectivity index (χ1v) is 5.83. The number of pyridine rings is 1. The largest absolute Gasteiger partial charge is 0.378 e. The molecule has 0 bridgehead atoms. The molecular weight excluding hydrogens is 309 g/mol. The minimum absolute atomic E-state index is 0.126. The topological polar surface area (TPSA) is 24.9 Å². The Kier molecular flexibility index (Phi) is 3.86. The predicted octanol–water partition coefficient (Wildman–Crippen LogP) is 3.87. The zero-order valence-electron chi connectivity index (χ0n) is 9.05.